The van der Waals surface area contributed by atoms with Gasteiger partial charge in [-0.05, 0) is 44.9 Å². The van der Waals surface area contributed by atoms with E-state index in [2.05, 4.69) is 63.7 Å². The van der Waals surface area contributed by atoms with Crippen molar-refractivity contribution in [1.29, 1.82) is 0 Å². The van der Waals surface area contributed by atoms with Crippen molar-refractivity contribution in [2.45, 2.75) is 44.9 Å². The Morgan fingerprint density at radius 3 is 2.59 bits per heavy atom. The molecule has 0 amide bonds. The van der Waals surface area contributed by atoms with Crippen LogP contribution in [0.1, 0.15) is 39.1 Å². The zero-order valence-electron chi connectivity index (χ0n) is 13.2. The van der Waals surface area contributed by atoms with E-state index in [0.29, 0.717) is 6.54 Å². The molecule has 0 spiro atoms. The van der Waals surface area contributed by atoms with Crippen LogP contribution in [0.15, 0.2) is 34.9 Å². The zero-order valence-corrected chi connectivity index (χ0v) is 14.8. The predicted octanol–water partition coefficient (Wildman–Crippen LogP) is 3.75. The molecule has 0 radical (unpaired) electrons. The number of likely N-dealkylation sites (tertiary alicyclic amines) is 1. The third-order valence-electron chi connectivity index (χ3n) is 4.21. The van der Waals surface area contributed by atoms with Gasteiger partial charge in [0.05, 0.1) is 24.0 Å². The fraction of sp³-hybridized carbons (Fsp3) is 0.471. The van der Waals surface area contributed by atoms with Gasteiger partial charge in [0, 0.05) is 16.6 Å². The molecule has 1 saturated heterocycles. The van der Waals surface area contributed by atoms with E-state index in [9.17, 15) is 5.11 Å². The molecule has 0 aliphatic carbocycles. The van der Waals surface area contributed by atoms with Gasteiger partial charge in [-0.15, -0.1) is 0 Å². The van der Waals surface area contributed by atoms with Gasteiger partial charge in [0.2, 0.25) is 0 Å². The minimum absolute atomic E-state index is 0.00666. The maximum Gasteiger partial charge on any atom is 0.124 e. The largest absolute Gasteiger partial charge is 0.392 e. The number of aromatic amines is 1. The number of imidazole rings is 1. The van der Waals surface area contributed by atoms with Gasteiger partial charge in [0.25, 0.3) is 0 Å². The fourth-order valence-electron chi connectivity index (χ4n) is 3.10. The van der Waals surface area contributed by atoms with Gasteiger partial charge < -0.3 is 10.1 Å². The topological polar surface area (TPSA) is 52.1 Å². The minimum atomic E-state index is -0.287. The van der Waals surface area contributed by atoms with Crippen molar-refractivity contribution < 1.29 is 5.11 Å². The van der Waals surface area contributed by atoms with Crippen LogP contribution in [-0.2, 0) is 0 Å². The Morgan fingerprint density at radius 1 is 1.27 bits per heavy atom. The summed E-state index contributed by atoms with van der Waals surface area (Å²) in [6.07, 6.45) is 2.32. The quantitative estimate of drug-likeness (QED) is 0.854. The maximum absolute atomic E-state index is 10.1. The summed E-state index contributed by atoms with van der Waals surface area (Å²) in [5, 5.41) is 10.1. The van der Waals surface area contributed by atoms with Crippen molar-refractivity contribution in [1.82, 2.24) is 14.9 Å². The standard InChI is InChI=1S/C17H22BrN3O/c1-17(2,3)21-10-13(22)8-15(21)16-19-9-14(20-16)11-4-6-12(18)7-5-11/h4-7,9,13,15,22H,8,10H2,1-3H3,(H,19,20)/t13-,15-/m0/s1. The first-order valence-corrected chi connectivity index (χ1v) is 8.39. The molecule has 1 aliphatic rings. The Labute approximate surface area is 139 Å². The SMILES string of the molecule is CC(C)(C)N1C[C@@H](O)C[C@H]1c1ncc(-c2ccc(Br)cc2)[nH]1. The Balaban J connectivity index is 1.88. The van der Waals surface area contributed by atoms with E-state index in [-0.39, 0.29) is 17.7 Å². The average Bonchev–Trinajstić information content (AvgIpc) is 3.05. The lowest BCUT2D eigenvalue weighted by atomic mass is 10.0. The van der Waals surface area contributed by atoms with Crippen LogP contribution in [0.5, 0.6) is 0 Å². The molecule has 3 rings (SSSR count). The number of hydrogen-bond donors (Lipinski definition) is 2. The molecule has 1 fully saturated rings. The number of H-pyrrole nitrogens is 1. The smallest absolute Gasteiger partial charge is 0.124 e. The van der Waals surface area contributed by atoms with Gasteiger partial charge in [-0.25, -0.2) is 4.98 Å². The third-order valence-corrected chi connectivity index (χ3v) is 4.74. The van der Waals surface area contributed by atoms with Gasteiger partial charge in [-0.2, -0.15) is 0 Å². The van der Waals surface area contributed by atoms with Gasteiger partial charge >= 0.3 is 0 Å². The van der Waals surface area contributed by atoms with E-state index in [4.69, 9.17) is 0 Å². The van der Waals surface area contributed by atoms with Crippen molar-refractivity contribution in [2.24, 2.45) is 0 Å². The molecule has 22 heavy (non-hydrogen) atoms. The fourth-order valence-corrected chi connectivity index (χ4v) is 3.36. The number of aromatic nitrogens is 2. The number of rotatable bonds is 2. The molecule has 0 bridgehead atoms. The number of aliphatic hydroxyl groups excluding tert-OH is 1. The van der Waals surface area contributed by atoms with Crippen LogP contribution in [0, 0.1) is 0 Å². The van der Waals surface area contributed by atoms with Gasteiger partial charge in [0.1, 0.15) is 5.82 Å². The summed E-state index contributed by atoms with van der Waals surface area (Å²) in [7, 11) is 0. The van der Waals surface area contributed by atoms with Crippen LogP contribution in [-0.4, -0.2) is 38.2 Å². The molecular weight excluding hydrogens is 342 g/mol. The summed E-state index contributed by atoms with van der Waals surface area (Å²) < 4.78 is 1.06. The zero-order chi connectivity index (χ0) is 15.9. The number of nitrogens with zero attached hydrogens (tertiary/aromatic N) is 2. The summed E-state index contributed by atoms with van der Waals surface area (Å²) in [4.78, 5) is 10.3. The van der Waals surface area contributed by atoms with E-state index >= 15 is 0 Å². The summed E-state index contributed by atoms with van der Waals surface area (Å²) in [5.41, 5.74) is 2.13. The molecule has 118 valence electrons. The van der Waals surface area contributed by atoms with Crippen LogP contribution < -0.4 is 0 Å². The monoisotopic (exact) mass is 363 g/mol. The third kappa shape index (κ3) is 3.12. The summed E-state index contributed by atoms with van der Waals surface area (Å²) in [6.45, 7) is 7.23. The lowest BCUT2D eigenvalue weighted by Crippen LogP contribution is -2.41. The van der Waals surface area contributed by atoms with Crippen molar-refractivity contribution in [2.75, 3.05) is 6.54 Å². The molecule has 1 aromatic carbocycles. The molecular formula is C17H22BrN3O. The molecule has 5 heteroatoms. The number of benzene rings is 1. The normalized spacial score (nSPS) is 23.1. The highest BCUT2D eigenvalue weighted by Crippen LogP contribution is 2.36. The first-order valence-electron chi connectivity index (χ1n) is 7.60. The maximum atomic E-state index is 10.1. The molecule has 0 saturated carbocycles. The van der Waals surface area contributed by atoms with E-state index in [1.165, 1.54) is 0 Å². The Morgan fingerprint density at radius 2 is 1.95 bits per heavy atom. The Kier molecular flexibility index (Phi) is 4.14. The molecule has 4 nitrogen and oxygen atoms in total. The van der Waals surface area contributed by atoms with Gasteiger partial charge in [-0.3, -0.25) is 4.90 Å². The number of halogens is 1. The van der Waals surface area contributed by atoms with E-state index in [0.717, 1.165) is 28.0 Å². The second-order valence-electron chi connectivity index (χ2n) is 6.92. The number of hydrogen-bond acceptors (Lipinski definition) is 3. The summed E-state index contributed by atoms with van der Waals surface area (Å²) in [5.74, 6) is 0.935. The second kappa shape index (κ2) is 5.80. The highest BCUT2D eigenvalue weighted by Gasteiger charge is 2.39. The summed E-state index contributed by atoms with van der Waals surface area (Å²) in [6, 6.07) is 8.31. The molecule has 0 unspecified atom stereocenters. The second-order valence-corrected chi connectivity index (χ2v) is 7.83. The highest BCUT2D eigenvalue weighted by molar-refractivity contribution is 9.10. The first-order chi connectivity index (χ1) is 10.3. The van der Waals surface area contributed by atoms with E-state index < -0.39 is 0 Å². The van der Waals surface area contributed by atoms with Crippen LogP contribution in [0.3, 0.4) is 0 Å². The van der Waals surface area contributed by atoms with Crippen LogP contribution in [0.2, 0.25) is 0 Å². The van der Waals surface area contributed by atoms with Crippen molar-refractivity contribution >= 4 is 15.9 Å². The van der Waals surface area contributed by atoms with Crippen LogP contribution in [0.4, 0.5) is 0 Å². The van der Waals surface area contributed by atoms with E-state index in [1.54, 1.807) is 0 Å². The summed E-state index contributed by atoms with van der Waals surface area (Å²) >= 11 is 3.45. The number of aliphatic hydroxyl groups is 1. The number of β-amino-alcohol motifs (C(OH)–C–C–N with tert-alkyl or cyclic N) is 1. The highest BCUT2D eigenvalue weighted by atomic mass is 79.9. The number of nitrogens with one attached hydrogen (secondary N) is 1. The predicted molar refractivity (Wildman–Crippen MR) is 91.5 cm³/mol. The van der Waals surface area contributed by atoms with Crippen LogP contribution in [0.25, 0.3) is 11.3 Å². The molecule has 2 heterocycles. The average molecular weight is 364 g/mol. The molecule has 1 aliphatic heterocycles. The Bertz CT molecular complexity index is 645. The first kappa shape index (κ1) is 15.7. The van der Waals surface area contributed by atoms with Crippen molar-refractivity contribution in [3.05, 3.63) is 40.8 Å². The lowest BCUT2D eigenvalue weighted by molar-refractivity contribution is 0.101. The van der Waals surface area contributed by atoms with Crippen molar-refractivity contribution in [3.63, 3.8) is 0 Å². The van der Waals surface area contributed by atoms with Crippen molar-refractivity contribution in [3.8, 4) is 11.3 Å². The molecule has 2 aromatic rings. The van der Waals surface area contributed by atoms with Crippen LogP contribution >= 0.6 is 15.9 Å². The van der Waals surface area contributed by atoms with E-state index in [1.807, 2.05) is 18.3 Å². The Hall–Kier alpha value is -1.17. The lowest BCUT2D eigenvalue weighted by Gasteiger charge is -2.35. The minimum Gasteiger partial charge on any atom is -0.392 e. The van der Waals surface area contributed by atoms with Gasteiger partial charge in [-0.1, -0.05) is 28.1 Å². The van der Waals surface area contributed by atoms with Gasteiger partial charge in [0.15, 0.2) is 0 Å². The molecule has 2 atom stereocenters. The molecule has 1 aromatic heterocycles. The molecule has 2 N–H and O–H groups in total.